The number of thioether (sulfide) groups is 1. The number of thiocarbonyl (C=S) groups is 1. The standard InChI is InChI=1S/C10H9NS2/c12-10-11-9-7-4-2-1-3-6(7)5-8(9)13-10/h1-4,8-9H,5H2,(H,11,12)/t8-,9+/m0/s1. The summed E-state index contributed by atoms with van der Waals surface area (Å²) < 4.78 is 0.963. The predicted molar refractivity (Wildman–Crippen MR) is 60.0 cm³/mol. The van der Waals surface area contributed by atoms with Crippen molar-refractivity contribution < 1.29 is 0 Å². The molecule has 13 heavy (non-hydrogen) atoms. The van der Waals surface area contributed by atoms with Crippen molar-refractivity contribution in [2.45, 2.75) is 17.7 Å². The summed E-state index contributed by atoms with van der Waals surface area (Å²) in [5.41, 5.74) is 2.93. The molecule has 0 unspecified atom stereocenters. The van der Waals surface area contributed by atoms with Crippen molar-refractivity contribution in [2.75, 3.05) is 0 Å². The summed E-state index contributed by atoms with van der Waals surface area (Å²) in [6.45, 7) is 0. The average molecular weight is 207 g/mol. The summed E-state index contributed by atoms with van der Waals surface area (Å²) in [5, 5.41) is 4.01. The number of fused-ring (bicyclic) bond motifs is 3. The second kappa shape index (κ2) is 2.72. The van der Waals surface area contributed by atoms with E-state index in [1.807, 2.05) is 11.8 Å². The normalized spacial score (nSPS) is 29.7. The Morgan fingerprint density at radius 3 is 3.15 bits per heavy atom. The van der Waals surface area contributed by atoms with Gasteiger partial charge in [-0.1, -0.05) is 48.2 Å². The van der Waals surface area contributed by atoms with E-state index in [-0.39, 0.29) is 0 Å². The van der Waals surface area contributed by atoms with Crippen molar-refractivity contribution in [2.24, 2.45) is 0 Å². The molecule has 3 heteroatoms. The molecule has 3 rings (SSSR count). The van der Waals surface area contributed by atoms with Crippen LogP contribution in [0.15, 0.2) is 24.3 Å². The monoisotopic (exact) mass is 207 g/mol. The van der Waals surface area contributed by atoms with Crippen molar-refractivity contribution in [1.82, 2.24) is 5.32 Å². The average Bonchev–Trinajstić information content (AvgIpc) is 2.60. The third kappa shape index (κ3) is 1.11. The summed E-state index contributed by atoms with van der Waals surface area (Å²) in [7, 11) is 0. The molecular weight excluding hydrogens is 198 g/mol. The number of hydrogen-bond donors (Lipinski definition) is 1. The van der Waals surface area contributed by atoms with Gasteiger partial charge in [0.15, 0.2) is 0 Å². The van der Waals surface area contributed by atoms with Crippen molar-refractivity contribution in [3.8, 4) is 0 Å². The van der Waals surface area contributed by atoms with Crippen molar-refractivity contribution >= 4 is 28.3 Å². The van der Waals surface area contributed by atoms with Crippen LogP contribution >= 0.6 is 24.0 Å². The number of hydrogen-bond acceptors (Lipinski definition) is 2. The van der Waals surface area contributed by atoms with Crippen LogP contribution in [-0.2, 0) is 6.42 Å². The minimum absolute atomic E-state index is 0.480. The van der Waals surface area contributed by atoms with E-state index in [4.69, 9.17) is 12.2 Å². The molecule has 1 aliphatic heterocycles. The third-order valence-corrected chi connectivity index (χ3v) is 4.19. The number of nitrogens with one attached hydrogen (secondary N) is 1. The minimum atomic E-state index is 0.480. The molecule has 0 spiro atoms. The number of rotatable bonds is 0. The fraction of sp³-hybridized carbons (Fsp3) is 0.300. The molecule has 1 aromatic carbocycles. The Morgan fingerprint density at radius 1 is 1.38 bits per heavy atom. The minimum Gasteiger partial charge on any atom is -0.363 e. The van der Waals surface area contributed by atoms with Crippen LogP contribution in [0.25, 0.3) is 0 Å². The molecule has 1 heterocycles. The highest BCUT2D eigenvalue weighted by atomic mass is 32.2. The Balaban J connectivity index is 2.06. The smallest absolute Gasteiger partial charge is 0.134 e. The summed E-state index contributed by atoms with van der Waals surface area (Å²) >= 11 is 6.97. The lowest BCUT2D eigenvalue weighted by Gasteiger charge is -2.08. The van der Waals surface area contributed by atoms with Crippen LogP contribution in [0.3, 0.4) is 0 Å². The molecule has 0 radical (unpaired) electrons. The molecule has 2 atom stereocenters. The van der Waals surface area contributed by atoms with E-state index in [1.54, 1.807) is 0 Å². The fourth-order valence-electron chi connectivity index (χ4n) is 2.14. The van der Waals surface area contributed by atoms with Gasteiger partial charge in [-0.05, 0) is 17.5 Å². The van der Waals surface area contributed by atoms with Crippen LogP contribution in [0, 0.1) is 0 Å². The zero-order valence-electron chi connectivity index (χ0n) is 6.99. The Hall–Kier alpha value is -0.540. The number of benzene rings is 1. The van der Waals surface area contributed by atoms with Gasteiger partial charge in [-0.25, -0.2) is 0 Å². The van der Waals surface area contributed by atoms with Gasteiger partial charge in [0, 0.05) is 5.25 Å². The van der Waals surface area contributed by atoms with Gasteiger partial charge in [-0.3, -0.25) is 0 Å². The lowest BCUT2D eigenvalue weighted by Crippen LogP contribution is -2.18. The fourth-order valence-corrected chi connectivity index (χ4v) is 3.72. The van der Waals surface area contributed by atoms with E-state index in [9.17, 15) is 0 Å². The maximum atomic E-state index is 5.15. The van der Waals surface area contributed by atoms with Crippen molar-refractivity contribution in [3.63, 3.8) is 0 Å². The molecule has 0 bridgehead atoms. The largest absolute Gasteiger partial charge is 0.363 e. The third-order valence-electron chi connectivity index (χ3n) is 2.71. The molecule has 1 nitrogen and oxygen atoms in total. The van der Waals surface area contributed by atoms with Gasteiger partial charge < -0.3 is 5.32 Å². The van der Waals surface area contributed by atoms with Gasteiger partial charge in [0.25, 0.3) is 0 Å². The maximum absolute atomic E-state index is 5.15. The van der Waals surface area contributed by atoms with Gasteiger partial charge in [0.2, 0.25) is 0 Å². The second-order valence-electron chi connectivity index (χ2n) is 3.47. The Bertz CT molecular complexity index is 375. The molecule has 0 amide bonds. The lowest BCUT2D eigenvalue weighted by atomic mass is 10.1. The molecule has 1 aromatic rings. The van der Waals surface area contributed by atoms with Gasteiger partial charge in [-0.15, -0.1) is 0 Å². The second-order valence-corrected chi connectivity index (χ2v) is 5.38. The highest BCUT2D eigenvalue weighted by Crippen LogP contribution is 2.43. The van der Waals surface area contributed by atoms with Crippen molar-refractivity contribution in [1.29, 1.82) is 0 Å². The predicted octanol–water partition coefficient (Wildman–Crippen LogP) is 2.27. The van der Waals surface area contributed by atoms with Crippen LogP contribution in [0.5, 0.6) is 0 Å². The molecule has 0 aromatic heterocycles. The highest BCUT2D eigenvalue weighted by molar-refractivity contribution is 8.23. The highest BCUT2D eigenvalue weighted by Gasteiger charge is 2.38. The van der Waals surface area contributed by atoms with E-state index in [0.717, 1.165) is 4.32 Å². The van der Waals surface area contributed by atoms with Gasteiger partial charge in [0.1, 0.15) is 4.32 Å². The van der Waals surface area contributed by atoms with Gasteiger partial charge >= 0.3 is 0 Å². The lowest BCUT2D eigenvalue weighted by molar-refractivity contribution is 0.683. The maximum Gasteiger partial charge on any atom is 0.134 e. The van der Waals surface area contributed by atoms with E-state index >= 15 is 0 Å². The van der Waals surface area contributed by atoms with Crippen LogP contribution in [-0.4, -0.2) is 9.57 Å². The van der Waals surface area contributed by atoms with Crippen LogP contribution in [0.1, 0.15) is 17.2 Å². The molecule has 1 aliphatic carbocycles. The molecule has 1 N–H and O–H groups in total. The van der Waals surface area contributed by atoms with Crippen molar-refractivity contribution in [3.05, 3.63) is 35.4 Å². The van der Waals surface area contributed by atoms with E-state index in [1.165, 1.54) is 17.5 Å². The summed E-state index contributed by atoms with van der Waals surface area (Å²) in [5.74, 6) is 0. The summed E-state index contributed by atoms with van der Waals surface area (Å²) in [4.78, 5) is 0. The Labute approximate surface area is 86.9 Å². The zero-order valence-corrected chi connectivity index (χ0v) is 8.62. The Morgan fingerprint density at radius 2 is 2.23 bits per heavy atom. The first-order chi connectivity index (χ1) is 6.34. The zero-order chi connectivity index (χ0) is 8.84. The summed E-state index contributed by atoms with van der Waals surface area (Å²) in [6.07, 6.45) is 1.17. The molecule has 0 saturated carbocycles. The van der Waals surface area contributed by atoms with E-state index < -0.39 is 0 Å². The molecule has 1 saturated heterocycles. The van der Waals surface area contributed by atoms with Gasteiger partial charge in [-0.2, -0.15) is 0 Å². The molecule has 2 aliphatic rings. The first-order valence-corrected chi connectivity index (χ1v) is 5.68. The summed E-state index contributed by atoms with van der Waals surface area (Å²) in [6, 6.07) is 9.13. The Kier molecular flexibility index (Phi) is 1.64. The SMILES string of the molecule is S=C1N[C@@H]2c3ccccc3C[C@@H]2S1. The first kappa shape index (κ1) is 7.83. The molecular formula is C10H9NS2. The molecule has 1 fully saturated rings. The molecule has 66 valence electrons. The van der Waals surface area contributed by atoms with E-state index in [2.05, 4.69) is 29.6 Å². The van der Waals surface area contributed by atoms with Crippen LogP contribution in [0.2, 0.25) is 0 Å². The quantitative estimate of drug-likeness (QED) is 0.655. The van der Waals surface area contributed by atoms with Gasteiger partial charge in [0.05, 0.1) is 6.04 Å². The van der Waals surface area contributed by atoms with Crippen LogP contribution < -0.4 is 5.32 Å². The van der Waals surface area contributed by atoms with Crippen LogP contribution in [0.4, 0.5) is 0 Å². The van der Waals surface area contributed by atoms with E-state index in [0.29, 0.717) is 11.3 Å². The first-order valence-electron chi connectivity index (χ1n) is 4.39. The topological polar surface area (TPSA) is 12.0 Å².